The van der Waals surface area contributed by atoms with Crippen molar-refractivity contribution in [3.05, 3.63) is 41.5 Å². The third kappa shape index (κ3) is 5.55. The van der Waals surface area contributed by atoms with Crippen LogP contribution in [0.4, 0.5) is 0 Å². The van der Waals surface area contributed by atoms with Gasteiger partial charge < -0.3 is 0 Å². The van der Waals surface area contributed by atoms with Gasteiger partial charge in [0.2, 0.25) is 0 Å². The van der Waals surface area contributed by atoms with E-state index < -0.39 is 10.1 Å². The monoisotopic (exact) mass is 376 g/mol. The summed E-state index contributed by atoms with van der Waals surface area (Å²) in [6.07, 6.45) is 11.2. The second kappa shape index (κ2) is 10.1. The molecule has 0 saturated heterocycles. The summed E-state index contributed by atoms with van der Waals surface area (Å²) < 4.78 is 33.6. The van der Waals surface area contributed by atoms with E-state index in [1.807, 2.05) is 12.1 Å². The van der Waals surface area contributed by atoms with E-state index in [2.05, 4.69) is 19.9 Å². The molecule has 4 heteroatoms. The summed E-state index contributed by atoms with van der Waals surface area (Å²) >= 11 is 0. The van der Waals surface area contributed by atoms with Crippen LogP contribution in [0.15, 0.2) is 35.2 Å². The molecular formula is C22H32O3S. The molecule has 0 aromatic heterocycles. The van der Waals surface area contributed by atoms with Gasteiger partial charge >= 0.3 is 0 Å². The van der Waals surface area contributed by atoms with Crippen LogP contribution >= 0.6 is 0 Å². The van der Waals surface area contributed by atoms with E-state index in [9.17, 15) is 13.0 Å². The first-order valence-electron chi connectivity index (χ1n) is 10.00. The minimum atomic E-state index is -4.23. The largest absolute Gasteiger partial charge is 0.295 e. The van der Waals surface area contributed by atoms with E-state index in [0.29, 0.717) is 0 Å². The number of aryl methyl sites for hydroxylation is 2. The zero-order chi connectivity index (χ0) is 19.0. The smallest absolute Gasteiger partial charge is 0.282 e. The van der Waals surface area contributed by atoms with Crippen LogP contribution in [-0.4, -0.2) is 13.0 Å². The lowest BCUT2D eigenvalue weighted by molar-refractivity contribution is 0.484. The van der Waals surface area contributed by atoms with Crippen LogP contribution < -0.4 is 0 Å². The van der Waals surface area contributed by atoms with Crippen LogP contribution in [0, 0.1) is 0 Å². The lowest BCUT2D eigenvalue weighted by atomic mass is 9.91. The molecule has 0 aliphatic rings. The van der Waals surface area contributed by atoms with Crippen LogP contribution in [-0.2, 0) is 23.0 Å². The van der Waals surface area contributed by atoms with E-state index >= 15 is 0 Å². The second-order valence-corrected chi connectivity index (χ2v) is 8.54. The summed E-state index contributed by atoms with van der Waals surface area (Å²) in [6, 6.07) is 9.30. The minimum Gasteiger partial charge on any atom is -0.282 e. The van der Waals surface area contributed by atoms with Crippen molar-refractivity contribution in [2.45, 2.75) is 83.0 Å². The molecule has 2 aromatic rings. The summed E-state index contributed by atoms with van der Waals surface area (Å²) in [6.45, 7) is 4.39. The number of unbranched alkanes of at least 4 members (excludes halogenated alkanes) is 6. The Morgan fingerprint density at radius 3 is 2.08 bits per heavy atom. The average molecular weight is 377 g/mol. The van der Waals surface area contributed by atoms with Gasteiger partial charge in [-0.1, -0.05) is 76.6 Å². The molecule has 0 radical (unpaired) electrons. The van der Waals surface area contributed by atoms with E-state index in [1.54, 1.807) is 6.07 Å². The van der Waals surface area contributed by atoms with E-state index in [0.717, 1.165) is 48.4 Å². The number of rotatable bonds is 11. The number of fused-ring (bicyclic) bond motifs is 1. The zero-order valence-corrected chi connectivity index (χ0v) is 16.9. The van der Waals surface area contributed by atoms with Crippen molar-refractivity contribution in [3.63, 3.8) is 0 Å². The van der Waals surface area contributed by atoms with Gasteiger partial charge in [0.05, 0.1) is 0 Å². The maximum Gasteiger partial charge on any atom is 0.295 e. The average Bonchev–Trinajstić information content (AvgIpc) is 2.61. The molecule has 0 amide bonds. The van der Waals surface area contributed by atoms with Gasteiger partial charge in [-0.3, -0.25) is 4.55 Å². The molecule has 2 aromatic carbocycles. The zero-order valence-electron chi connectivity index (χ0n) is 16.1. The third-order valence-corrected chi connectivity index (χ3v) is 5.97. The maximum atomic E-state index is 11.9. The quantitative estimate of drug-likeness (QED) is 0.368. The molecule has 0 unspecified atom stereocenters. The highest BCUT2D eigenvalue weighted by Gasteiger charge is 2.18. The normalized spacial score (nSPS) is 12.0. The fourth-order valence-electron chi connectivity index (χ4n) is 3.67. The lowest BCUT2D eigenvalue weighted by Gasteiger charge is -2.16. The van der Waals surface area contributed by atoms with Crippen molar-refractivity contribution in [1.29, 1.82) is 0 Å². The van der Waals surface area contributed by atoms with Gasteiger partial charge in [0.1, 0.15) is 4.90 Å². The van der Waals surface area contributed by atoms with Crippen LogP contribution in [0.5, 0.6) is 0 Å². The van der Waals surface area contributed by atoms with Gasteiger partial charge in [0.25, 0.3) is 10.1 Å². The first-order valence-corrected chi connectivity index (χ1v) is 11.4. The number of hydrogen-bond donors (Lipinski definition) is 1. The van der Waals surface area contributed by atoms with Crippen molar-refractivity contribution in [3.8, 4) is 0 Å². The molecule has 0 fully saturated rings. The molecule has 0 aliphatic carbocycles. The molecule has 3 nitrogen and oxygen atoms in total. The predicted octanol–water partition coefficient (Wildman–Crippen LogP) is 6.33. The van der Waals surface area contributed by atoms with Crippen LogP contribution in [0.1, 0.15) is 76.3 Å². The number of hydrogen-bond acceptors (Lipinski definition) is 2. The van der Waals surface area contributed by atoms with Gasteiger partial charge in [0, 0.05) is 5.39 Å². The van der Waals surface area contributed by atoms with Crippen molar-refractivity contribution in [2.75, 3.05) is 0 Å². The number of benzene rings is 2. The second-order valence-electron chi connectivity index (χ2n) is 7.15. The summed E-state index contributed by atoms with van der Waals surface area (Å²) in [7, 11) is -4.23. The van der Waals surface area contributed by atoms with Gasteiger partial charge in [0.15, 0.2) is 0 Å². The molecule has 26 heavy (non-hydrogen) atoms. The van der Waals surface area contributed by atoms with Gasteiger partial charge in [-0.15, -0.1) is 0 Å². The van der Waals surface area contributed by atoms with Gasteiger partial charge in [-0.05, 0) is 48.3 Å². The molecular weight excluding hydrogens is 344 g/mol. The SMILES string of the molecule is CCCCCCc1ccc2cccc(S(=O)(=O)O)c2c1CCCCCC. The molecule has 144 valence electrons. The molecule has 0 bridgehead atoms. The summed E-state index contributed by atoms with van der Waals surface area (Å²) in [5, 5.41) is 1.61. The van der Waals surface area contributed by atoms with Crippen LogP contribution in [0.3, 0.4) is 0 Å². The first-order chi connectivity index (χ1) is 12.5. The fourth-order valence-corrected chi connectivity index (χ4v) is 4.42. The molecule has 0 heterocycles. The Morgan fingerprint density at radius 1 is 0.808 bits per heavy atom. The Labute approximate surface area is 158 Å². The van der Waals surface area contributed by atoms with Gasteiger partial charge in [-0.2, -0.15) is 8.42 Å². The summed E-state index contributed by atoms with van der Waals surface area (Å²) in [4.78, 5) is 0.0518. The Hall–Kier alpha value is -1.39. The molecule has 0 atom stereocenters. The highest BCUT2D eigenvalue weighted by Crippen LogP contribution is 2.31. The molecule has 0 spiro atoms. The summed E-state index contributed by atoms with van der Waals surface area (Å²) in [5.41, 5.74) is 2.35. The Bertz CT molecular complexity index is 809. The van der Waals surface area contributed by atoms with E-state index in [4.69, 9.17) is 0 Å². The van der Waals surface area contributed by atoms with Crippen LogP contribution in [0.25, 0.3) is 10.8 Å². The maximum absolute atomic E-state index is 11.9. The molecule has 1 N–H and O–H groups in total. The molecule has 0 saturated carbocycles. The van der Waals surface area contributed by atoms with Crippen molar-refractivity contribution in [2.24, 2.45) is 0 Å². The standard InChI is InChI=1S/C22H32O3S/c1-3-5-7-9-12-18-16-17-19-13-11-15-21(26(23,24)25)22(19)20(18)14-10-8-6-4-2/h11,13,15-17H,3-10,12,14H2,1-2H3,(H,23,24,25). The summed E-state index contributed by atoms with van der Waals surface area (Å²) in [5.74, 6) is 0. The predicted molar refractivity (Wildman–Crippen MR) is 109 cm³/mol. The van der Waals surface area contributed by atoms with Crippen molar-refractivity contribution >= 4 is 20.9 Å². The fraction of sp³-hybridized carbons (Fsp3) is 0.545. The first kappa shape index (κ1) is 20.9. The highest BCUT2D eigenvalue weighted by atomic mass is 32.2. The van der Waals surface area contributed by atoms with E-state index in [-0.39, 0.29) is 4.90 Å². The topological polar surface area (TPSA) is 54.4 Å². The lowest BCUT2D eigenvalue weighted by Crippen LogP contribution is -2.04. The Kier molecular flexibility index (Phi) is 8.11. The minimum absolute atomic E-state index is 0.0518. The Morgan fingerprint density at radius 2 is 1.46 bits per heavy atom. The van der Waals surface area contributed by atoms with E-state index in [1.165, 1.54) is 43.7 Å². The molecule has 2 rings (SSSR count). The Balaban J connectivity index is 2.45. The van der Waals surface area contributed by atoms with Crippen LogP contribution in [0.2, 0.25) is 0 Å². The third-order valence-electron chi connectivity index (χ3n) is 5.07. The molecule has 0 aliphatic heterocycles. The van der Waals surface area contributed by atoms with Crippen molar-refractivity contribution in [1.82, 2.24) is 0 Å². The van der Waals surface area contributed by atoms with Crippen molar-refractivity contribution < 1.29 is 13.0 Å². The van der Waals surface area contributed by atoms with Gasteiger partial charge in [-0.25, -0.2) is 0 Å². The highest BCUT2D eigenvalue weighted by molar-refractivity contribution is 7.86.